The zero-order chi connectivity index (χ0) is 22.4. The van der Waals surface area contributed by atoms with Crippen molar-refractivity contribution in [2.75, 3.05) is 36.0 Å². The monoisotopic (exact) mass is 414 g/mol. The van der Waals surface area contributed by atoms with Crippen molar-refractivity contribution in [3.05, 3.63) is 94.5 Å². The van der Waals surface area contributed by atoms with Gasteiger partial charge in [-0.05, 0) is 93.6 Å². The molecule has 0 bridgehead atoms. The Balaban J connectivity index is 2.10. The van der Waals surface area contributed by atoms with Crippen LogP contribution in [0.15, 0.2) is 66.7 Å². The molecule has 3 aromatic carbocycles. The molecule has 1 unspecified atom stereocenters. The van der Waals surface area contributed by atoms with Gasteiger partial charge < -0.3 is 9.80 Å². The second kappa shape index (κ2) is 10.5. The van der Waals surface area contributed by atoms with Crippen LogP contribution < -0.4 is 9.80 Å². The van der Waals surface area contributed by atoms with Gasteiger partial charge in [-0.15, -0.1) is 0 Å². The molecule has 2 nitrogen and oxygen atoms in total. The lowest BCUT2D eigenvalue weighted by atomic mass is 9.81. The zero-order valence-corrected chi connectivity index (χ0v) is 20.2. The first-order valence-corrected chi connectivity index (χ1v) is 11.8. The Labute approximate surface area is 189 Å². The first-order chi connectivity index (χ1) is 15.0. The molecule has 0 saturated carbocycles. The van der Waals surface area contributed by atoms with E-state index in [2.05, 4.69) is 118 Å². The lowest BCUT2D eigenvalue weighted by Crippen LogP contribution is -2.22. The van der Waals surface area contributed by atoms with Crippen LogP contribution >= 0.6 is 0 Å². The molecule has 164 valence electrons. The fourth-order valence-corrected chi connectivity index (χ4v) is 4.67. The molecule has 0 spiro atoms. The van der Waals surface area contributed by atoms with Gasteiger partial charge in [-0.1, -0.05) is 42.5 Å². The number of nitrogens with zero attached hydrogens (tertiary/aromatic N) is 2. The van der Waals surface area contributed by atoms with Gasteiger partial charge in [0.25, 0.3) is 0 Å². The highest BCUT2D eigenvalue weighted by Crippen LogP contribution is 2.37. The van der Waals surface area contributed by atoms with Gasteiger partial charge >= 0.3 is 0 Å². The molecule has 0 aliphatic carbocycles. The Morgan fingerprint density at radius 1 is 0.581 bits per heavy atom. The molecular formula is C29H38N2. The predicted molar refractivity (Wildman–Crippen MR) is 137 cm³/mol. The van der Waals surface area contributed by atoms with E-state index in [1.807, 2.05) is 0 Å². The maximum atomic E-state index is 2.42. The second-order valence-corrected chi connectivity index (χ2v) is 8.27. The predicted octanol–water partition coefficient (Wildman–Crippen LogP) is 7.18. The number of hydrogen-bond acceptors (Lipinski definition) is 2. The molecule has 0 saturated heterocycles. The Bertz CT molecular complexity index is 966. The summed E-state index contributed by atoms with van der Waals surface area (Å²) >= 11 is 0. The summed E-state index contributed by atoms with van der Waals surface area (Å²) < 4.78 is 0. The summed E-state index contributed by atoms with van der Waals surface area (Å²) in [6.07, 6.45) is 0. The standard InChI is InChI=1S/C29H38N2/c1-7-30(8-2)25-17-15-24(16-18-25)29(27-14-12-11-13-22(27)5)28-20-19-26(21-23(28)6)31(9-3)10-4/h11-21,29H,7-10H2,1-6H3. The smallest absolute Gasteiger partial charge is 0.0368 e. The third kappa shape index (κ3) is 4.95. The summed E-state index contributed by atoms with van der Waals surface area (Å²) in [5, 5.41) is 0. The van der Waals surface area contributed by atoms with Gasteiger partial charge in [0.1, 0.15) is 0 Å². The molecule has 0 aromatic heterocycles. The van der Waals surface area contributed by atoms with Crippen molar-refractivity contribution >= 4 is 11.4 Å². The van der Waals surface area contributed by atoms with Crippen LogP contribution in [-0.2, 0) is 0 Å². The lowest BCUT2D eigenvalue weighted by molar-refractivity contribution is 0.860. The first kappa shape index (κ1) is 22.9. The van der Waals surface area contributed by atoms with Gasteiger partial charge in [0.2, 0.25) is 0 Å². The van der Waals surface area contributed by atoms with Gasteiger partial charge in [-0.25, -0.2) is 0 Å². The number of rotatable bonds is 9. The van der Waals surface area contributed by atoms with Crippen molar-refractivity contribution in [1.82, 2.24) is 0 Å². The normalized spacial score (nSPS) is 11.9. The van der Waals surface area contributed by atoms with Crippen molar-refractivity contribution in [3.8, 4) is 0 Å². The van der Waals surface area contributed by atoms with Crippen molar-refractivity contribution in [3.63, 3.8) is 0 Å². The minimum atomic E-state index is 0.234. The Morgan fingerprint density at radius 2 is 1.10 bits per heavy atom. The third-order valence-corrected chi connectivity index (χ3v) is 6.55. The summed E-state index contributed by atoms with van der Waals surface area (Å²) in [6.45, 7) is 17.5. The molecule has 3 rings (SSSR count). The molecule has 0 N–H and O–H groups in total. The van der Waals surface area contributed by atoms with Crippen LogP contribution in [0, 0.1) is 13.8 Å². The third-order valence-electron chi connectivity index (χ3n) is 6.55. The largest absolute Gasteiger partial charge is 0.372 e. The number of hydrogen-bond donors (Lipinski definition) is 0. The fourth-order valence-electron chi connectivity index (χ4n) is 4.67. The lowest BCUT2D eigenvalue weighted by Gasteiger charge is -2.27. The number of aryl methyl sites for hydroxylation is 2. The summed E-state index contributed by atoms with van der Waals surface area (Å²) in [5.41, 5.74) is 9.43. The van der Waals surface area contributed by atoms with Crippen LogP contribution in [0.5, 0.6) is 0 Å². The minimum absolute atomic E-state index is 0.234. The van der Waals surface area contributed by atoms with Crippen LogP contribution in [0.2, 0.25) is 0 Å². The topological polar surface area (TPSA) is 6.48 Å². The van der Waals surface area contributed by atoms with Crippen molar-refractivity contribution in [2.45, 2.75) is 47.5 Å². The minimum Gasteiger partial charge on any atom is -0.372 e. The van der Waals surface area contributed by atoms with E-state index in [0.29, 0.717) is 0 Å². The molecule has 1 atom stereocenters. The number of anilines is 2. The van der Waals surface area contributed by atoms with E-state index in [0.717, 1.165) is 26.2 Å². The Hall–Kier alpha value is -2.74. The van der Waals surface area contributed by atoms with E-state index in [1.165, 1.54) is 39.2 Å². The maximum Gasteiger partial charge on any atom is 0.0368 e. The number of benzene rings is 3. The highest BCUT2D eigenvalue weighted by atomic mass is 15.1. The van der Waals surface area contributed by atoms with Gasteiger partial charge in [0.05, 0.1) is 0 Å². The van der Waals surface area contributed by atoms with Crippen LogP contribution in [-0.4, -0.2) is 26.2 Å². The van der Waals surface area contributed by atoms with Crippen LogP contribution in [0.3, 0.4) is 0 Å². The molecular weight excluding hydrogens is 376 g/mol. The van der Waals surface area contributed by atoms with E-state index in [1.54, 1.807) is 0 Å². The maximum absolute atomic E-state index is 2.42. The first-order valence-electron chi connectivity index (χ1n) is 11.8. The van der Waals surface area contributed by atoms with Gasteiger partial charge in [-0.2, -0.15) is 0 Å². The average molecular weight is 415 g/mol. The van der Waals surface area contributed by atoms with E-state index in [9.17, 15) is 0 Å². The summed E-state index contributed by atoms with van der Waals surface area (Å²) in [6, 6.07) is 25.0. The summed E-state index contributed by atoms with van der Waals surface area (Å²) in [4.78, 5) is 4.81. The van der Waals surface area contributed by atoms with Crippen LogP contribution in [0.1, 0.15) is 61.4 Å². The van der Waals surface area contributed by atoms with Crippen molar-refractivity contribution in [1.29, 1.82) is 0 Å². The Kier molecular flexibility index (Phi) is 7.79. The second-order valence-electron chi connectivity index (χ2n) is 8.27. The zero-order valence-electron chi connectivity index (χ0n) is 20.2. The van der Waals surface area contributed by atoms with Crippen LogP contribution in [0.4, 0.5) is 11.4 Å². The Morgan fingerprint density at radius 3 is 1.65 bits per heavy atom. The van der Waals surface area contributed by atoms with Crippen molar-refractivity contribution < 1.29 is 0 Å². The summed E-state index contributed by atoms with van der Waals surface area (Å²) in [5.74, 6) is 0.234. The van der Waals surface area contributed by atoms with Gasteiger partial charge in [-0.3, -0.25) is 0 Å². The molecule has 0 aliphatic heterocycles. The highest BCUT2D eigenvalue weighted by molar-refractivity contribution is 5.57. The average Bonchev–Trinajstić information content (AvgIpc) is 2.79. The molecule has 0 radical (unpaired) electrons. The molecule has 0 amide bonds. The fraction of sp³-hybridized carbons (Fsp3) is 0.379. The van der Waals surface area contributed by atoms with Gasteiger partial charge in [0.15, 0.2) is 0 Å². The molecule has 2 heteroatoms. The van der Waals surface area contributed by atoms with E-state index in [4.69, 9.17) is 0 Å². The summed E-state index contributed by atoms with van der Waals surface area (Å²) in [7, 11) is 0. The molecule has 3 aromatic rings. The molecule has 0 heterocycles. The van der Waals surface area contributed by atoms with Crippen LogP contribution in [0.25, 0.3) is 0 Å². The molecule has 31 heavy (non-hydrogen) atoms. The van der Waals surface area contributed by atoms with E-state index >= 15 is 0 Å². The quantitative estimate of drug-likeness (QED) is 0.342. The highest BCUT2D eigenvalue weighted by Gasteiger charge is 2.21. The molecule has 0 aliphatic rings. The van der Waals surface area contributed by atoms with E-state index in [-0.39, 0.29) is 5.92 Å². The van der Waals surface area contributed by atoms with Gasteiger partial charge in [0, 0.05) is 43.5 Å². The van der Waals surface area contributed by atoms with E-state index < -0.39 is 0 Å². The SMILES string of the molecule is CCN(CC)c1ccc(C(c2ccccc2C)c2ccc(N(CC)CC)cc2C)cc1. The molecule has 0 fully saturated rings. The van der Waals surface area contributed by atoms with Crippen molar-refractivity contribution in [2.24, 2.45) is 0 Å².